The van der Waals surface area contributed by atoms with Crippen LogP contribution in [0.25, 0.3) is 0 Å². The van der Waals surface area contributed by atoms with Gasteiger partial charge in [0.25, 0.3) is 0 Å². The Morgan fingerprint density at radius 2 is 0.600 bits per heavy atom. The van der Waals surface area contributed by atoms with E-state index in [9.17, 15) is 14.4 Å². The first-order valence-corrected chi connectivity index (χ1v) is 24.2. The van der Waals surface area contributed by atoms with E-state index in [4.69, 9.17) is 14.2 Å². The first-order chi connectivity index (χ1) is 27.0. The predicted molar refractivity (Wildman–Crippen MR) is 233 cm³/mol. The van der Waals surface area contributed by atoms with Crippen LogP contribution in [0.2, 0.25) is 0 Å². The second-order valence-electron chi connectivity index (χ2n) is 16.4. The summed E-state index contributed by atoms with van der Waals surface area (Å²) >= 11 is 0. The normalized spacial score (nSPS) is 12.0. The lowest BCUT2D eigenvalue weighted by molar-refractivity contribution is -0.167. The number of esters is 3. The molecule has 0 heterocycles. The molecule has 0 saturated heterocycles. The summed E-state index contributed by atoms with van der Waals surface area (Å²) in [5.74, 6) is -0.870. The molecule has 0 fully saturated rings. The van der Waals surface area contributed by atoms with Gasteiger partial charge in [-0.3, -0.25) is 14.4 Å². The molecule has 0 N–H and O–H groups in total. The standard InChI is InChI=1S/C49H92O6/c1-4-7-10-13-16-19-21-23-24-25-27-28-30-33-36-39-42-48(51)54-45-46(44-53-47(50)41-38-35-32-18-15-12-9-6-3)55-49(52)43-40-37-34-31-29-26-22-20-17-14-11-8-5-2/h24-25,46H,4-23,26-45H2,1-3H3/b25-24-. The maximum atomic E-state index is 12.7. The van der Waals surface area contributed by atoms with Gasteiger partial charge in [0.2, 0.25) is 0 Å². The minimum absolute atomic E-state index is 0.0685. The fraction of sp³-hybridized carbons (Fsp3) is 0.898. The van der Waals surface area contributed by atoms with Gasteiger partial charge in [0.1, 0.15) is 13.2 Å². The van der Waals surface area contributed by atoms with E-state index >= 15 is 0 Å². The van der Waals surface area contributed by atoms with Crippen LogP contribution < -0.4 is 0 Å². The molecule has 0 saturated carbocycles. The van der Waals surface area contributed by atoms with Gasteiger partial charge in [-0.2, -0.15) is 0 Å². The molecule has 1 atom stereocenters. The van der Waals surface area contributed by atoms with Gasteiger partial charge in [-0.25, -0.2) is 0 Å². The zero-order valence-corrected chi connectivity index (χ0v) is 37.0. The average molecular weight is 777 g/mol. The second-order valence-corrected chi connectivity index (χ2v) is 16.4. The Kier molecular flexibility index (Phi) is 43.4. The van der Waals surface area contributed by atoms with Crippen LogP contribution in [0, 0.1) is 0 Å². The molecule has 0 aromatic heterocycles. The molecule has 0 aliphatic rings. The Hall–Kier alpha value is -1.85. The van der Waals surface area contributed by atoms with E-state index in [1.165, 1.54) is 161 Å². The van der Waals surface area contributed by atoms with Crippen molar-refractivity contribution in [3.63, 3.8) is 0 Å². The summed E-state index contributed by atoms with van der Waals surface area (Å²) < 4.78 is 16.7. The van der Waals surface area contributed by atoms with Gasteiger partial charge in [-0.1, -0.05) is 213 Å². The molecule has 0 aliphatic carbocycles. The first kappa shape index (κ1) is 53.1. The quantitative estimate of drug-likeness (QED) is 0.0265. The molecule has 0 spiro atoms. The van der Waals surface area contributed by atoms with Gasteiger partial charge in [0, 0.05) is 19.3 Å². The van der Waals surface area contributed by atoms with Crippen LogP contribution in [-0.4, -0.2) is 37.2 Å². The van der Waals surface area contributed by atoms with Crippen molar-refractivity contribution in [2.75, 3.05) is 13.2 Å². The molecule has 0 aromatic carbocycles. The molecule has 55 heavy (non-hydrogen) atoms. The van der Waals surface area contributed by atoms with E-state index in [-0.39, 0.29) is 31.1 Å². The fourth-order valence-electron chi connectivity index (χ4n) is 7.08. The molecule has 6 heteroatoms. The highest BCUT2D eigenvalue weighted by atomic mass is 16.6. The summed E-state index contributed by atoms with van der Waals surface area (Å²) in [6.07, 6.45) is 47.7. The lowest BCUT2D eigenvalue weighted by Crippen LogP contribution is -2.30. The average Bonchev–Trinajstić information content (AvgIpc) is 3.18. The molecule has 324 valence electrons. The van der Waals surface area contributed by atoms with E-state index < -0.39 is 6.10 Å². The summed E-state index contributed by atoms with van der Waals surface area (Å²) in [7, 11) is 0. The molecule has 0 bridgehead atoms. The molecule has 6 nitrogen and oxygen atoms in total. The van der Waals surface area contributed by atoms with Crippen LogP contribution in [-0.2, 0) is 28.6 Å². The minimum Gasteiger partial charge on any atom is -0.462 e. The summed E-state index contributed by atoms with van der Waals surface area (Å²) in [4.78, 5) is 37.7. The molecule has 0 aliphatic heterocycles. The van der Waals surface area contributed by atoms with Crippen LogP contribution in [0.1, 0.15) is 265 Å². The molecular formula is C49H92O6. The van der Waals surface area contributed by atoms with E-state index in [1.807, 2.05) is 0 Å². The van der Waals surface area contributed by atoms with Crippen molar-refractivity contribution >= 4 is 17.9 Å². The largest absolute Gasteiger partial charge is 0.462 e. The summed E-state index contributed by atoms with van der Waals surface area (Å²) in [5.41, 5.74) is 0. The van der Waals surface area contributed by atoms with E-state index in [2.05, 4.69) is 32.9 Å². The zero-order valence-electron chi connectivity index (χ0n) is 37.0. The van der Waals surface area contributed by atoms with E-state index in [0.29, 0.717) is 19.3 Å². The number of allylic oxidation sites excluding steroid dienone is 2. The van der Waals surface area contributed by atoms with Crippen molar-refractivity contribution in [3.05, 3.63) is 12.2 Å². The molecule has 0 radical (unpaired) electrons. The lowest BCUT2D eigenvalue weighted by Gasteiger charge is -2.18. The maximum Gasteiger partial charge on any atom is 0.306 e. The van der Waals surface area contributed by atoms with Gasteiger partial charge in [-0.05, 0) is 44.9 Å². The fourth-order valence-corrected chi connectivity index (χ4v) is 7.08. The van der Waals surface area contributed by atoms with Crippen molar-refractivity contribution in [2.45, 2.75) is 271 Å². The number of unbranched alkanes of at least 4 members (excludes halogenated alkanes) is 31. The van der Waals surface area contributed by atoms with Crippen LogP contribution >= 0.6 is 0 Å². The minimum atomic E-state index is -0.764. The van der Waals surface area contributed by atoms with Crippen LogP contribution in [0.3, 0.4) is 0 Å². The maximum absolute atomic E-state index is 12.7. The number of hydrogen-bond acceptors (Lipinski definition) is 6. The van der Waals surface area contributed by atoms with Crippen LogP contribution in [0.4, 0.5) is 0 Å². The van der Waals surface area contributed by atoms with Crippen molar-refractivity contribution in [1.29, 1.82) is 0 Å². The van der Waals surface area contributed by atoms with Crippen molar-refractivity contribution in [1.82, 2.24) is 0 Å². The van der Waals surface area contributed by atoms with Gasteiger partial charge in [-0.15, -0.1) is 0 Å². The lowest BCUT2D eigenvalue weighted by atomic mass is 10.0. The number of carbonyl (C=O) groups is 3. The van der Waals surface area contributed by atoms with Gasteiger partial charge >= 0.3 is 17.9 Å². The van der Waals surface area contributed by atoms with Crippen LogP contribution in [0.15, 0.2) is 12.2 Å². The van der Waals surface area contributed by atoms with Gasteiger partial charge in [0.15, 0.2) is 6.10 Å². The molecule has 1 unspecified atom stereocenters. The monoisotopic (exact) mass is 777 g/mol. The third-order valence-electron chi connectivity index (χ3n) is 10.8. The summed E-state index contributed by atoms with van der Waals surface area (Å²) in [5, 5.41) is 0. The van der Waals surface area contributed by atoms with Crippen molar-refractivity contribution in [2.24, 2.45) is 0 Å². The Morgan fingerprint density at radius 3 is 0.909 bits per heavy atom. The predicted octanol–water partition coefficient (Wildman–Crippen LogP) is 15.4. The number of carbonyl (C=O) groups excluding carboxylic acids is 3. The SMILES string of the molecule is CCCCCCCCC/C=C\CCCCCCCC(=O)OCC(COC(=O)CCCCCCCCCC)OC(=O)CCCCCCCCCCCCCCC. The highest BCUT2D eigenvalue weighted by molar-refractivity contribution is 5.71. The molecule has 0 aromatic rings. The third kappa shape index (κ3) is 43.1. The third-order valence-corrected chi connectivity index (χ3v) is 10.8. The topological polar surface area (TPSA) is 78.9 Å². The number of hydrogen-bond donors (Lipinski definition) is 0. The van der Waals surface area contributed by atoms with E-state index in [0.717, 1.165) is 64.2 Å². The number of rotatable bonds is 44. The Labute approximate surface area is 341 Å². The van der Waals surface area contributed by atoms with E-state index in [1.54, 1.807) is 0 Å². The number of ether oxygens (including phenoxy) is 3. The Balaban J connectivity index is 4.28. The Bertz CT molecular complexity index is 854. The van der Waals surface area contributed by atoms with Gasteiger partial charge < -0.3 is 14.2 Å². The van der Waals surface area contributed by atoms with Crippen LogP contribution in [0.5, 0.6) is 0 Å². The van der Waals surface area contributed by atoms with Gasteiger partial charge in [0.05, 0.1) is 0 Å². The highest BCUT2D eigenvalue weighted by Gasteiger charge is 2.19. The summed E-state index contributed by atoms with van der Waals surface area (Å²) in [6.45, 7) is 6.62. The van der Waals surface area contributed by atoms with Crippen molar-refractivity contribution < 1.29 is 28.6 Å². The summed E-state index contributed by atoms with van der Waals surface area (Å²) in [6, 6.07) is 0. The van der Waals surface area contributed by atoms with Crippen molar-refractivity contribution in [3.8, 4) is 0 Å². The highest BCUT2D eigenvalue weighted by Crippen LogP contribution is 2.15. The molecular weight excluding hydrogens is 685 g/mol. The molecule has 0 amide bonds. The molecule has 0 rings (SSSR count). The first-order valence-electron chi connectivity index (χ1n) is 24.2. The smallest absolute Gasteiger partial charge is 0.306 e. The Morgan fingerprint density at radius 1 is 0.345 bits per heavy atom. The second kappa shape index (κ2) is 44.9. The zero-order chi connectivity index (χ0) is 40.1.